The summed E-state index contributed by atoms with van der Waals surface area (Å²) >= 11 is 0. The molecule has 0 bridgehead atoms. The van der Waals surface area contributed by atoms with Gasteiger partial charge in [-0.15, -0.1) is 0 Å². The van der Waals surface area contributed by atoms with Crippen LogP contribution in [0.4, 0.5) is 0 Å². The first-order valence-corrected chi connectivity index (χ1v) is 23.7. The van der Waals surface area contributed by atoms with Gasteiger partial charge in [-0.2, -0.15) is 0 Å². The van der Waals surface area contributed by atoms with Crippen LogP contribution in [0.5, 0.6) is 0 Å². The van der Waals surface area contributed by atoms with E-state index in [2.05, 4.69) is 48.8 Å². The number of nitrogens with one attached hydrogen (secondary N) is 2. The van der Waals surface area contributed by atoms with Gasteiger partial charge in [0, 0.05) is 19.4 Å². The van der Waals surface area contributed by atoms with Crippen LogP contribution in [0.3, 0.4) is 0 Å². The number of carbonyl (C=O) groups is 2. The lowest BCUT2D eigenvalue weighted by molar-refractivity contribution is -0.870. The average Bonchev–Trinajstić information content (AvgIpc) is 3.12. The second kappa shape index (κ2) is 37.1. The van der Waals surface area contributed by atoms with Crippen LogP contribution in [0.25, 0.3) is 0 Å². The zero-order valence-electron chi connectivity index (χ0n) is 35.9. The van der Waals surface area contributed by atoms with E-state index < -0.39 is 13.9 Å². The second-order valence-electron chi connectivity index (χ2n) is 16.3. The zero-order valence-corrected chi connectivity index (χ0v) is 36.8. The Morgan fingerprint density at radius 2 is 0.981 bits per heavy atom. The molecule has 0 aromatic carbocycles. The Morgan fingerprint density at radius 1 is 0.593 bits per heavy atom. The molecule has 0 aliphatic heterocycles. The molecule has 318 valence electrons. The van der Waals surface area contributed by atoms with E-state index in [1.54, 1.807) is 0 Å². The van der Waals surface area contributed by atoms with Crippen LogP contribution in [-0.2, 0) is 23.2 Å². The summed E-state index contributed by atoms with van der Waals surface area (Å²) in [5.41, 5.74) is 0. The highest BCUT2D eigenvalue weighted by Crippen LogP contribution is 2.38. The number of amides is 2. The van der Waals surface area contributed by atoms with Crippen molar-refractivity contribution in [1.82, 2.24) is 10.6 Å². The first-order chi connectivity index (χ1) is 26.0. The van der Waals surface area contributed by atoms with E-state index in [9.17, 15) is 19.0 Å². The molecule has 0 radical (unpaired) electrons. The SMILES string of the molecule is CCCCCCCC/C=C/CCCCCCCC(=O)NCC(COP(=O)([O-])OCC[N+](C)(C)C)NC(=O)CCCCCCC/C=C/CCCCCCCC. The number of quaternary nitrogens is 1. The predicted octanol–water partition coefficient (Wildman–Crippen LogP) is 10.9. The second-order valence-corrected chi connectivity index (χ2v) is 17.7. The Morgan fingerprint density at radius 3 is 1.41 bits per heavy atom. The van der Waals surface area contributed by atoms with Crippen molar-refractivity contribution >= 4 is 19.6 Å². The van der Waals surface area contributed by atoms with Gasteiger partial charge < -0.3 is 29.1 Å². The summed E-state index contributed by atoms with van der Waals surface area (Å²) in [5.74, 6) is -0.270. The van der Waals surface area contributed by atoms with Crippen molar-refractivity contribution in [3.8, 4) is 0 Å². The molecular formula is C44H86N3O6P. The molecule has 2 atom stereocenters. The first-order valence-electron chi connectivity index (χ1n) is 22.3. The highest BCUT2D eigenvalue weighted by molar-refractivity contribution is 7.45. The number of carbonyl (C=O) groups excluding carboxylic acids is 2. The number of phosphoric acid groups is 1. The molecule has 0 heterocycles. The maximum Gasteiger partial charge on any atom is 0.268 e. The summed E-state index contributed by atoms with van der Waals surface area (Å²) in [6.07, 6.45) is 41.1. The highest BCUT2D eigenvalue weighted by atomic mass is 31.2. The summed E-state index contributed by atoms with van der Waals surface area (Å²) in [7, 11) is 1.28. The molecular weight excluding hydrogens is 697 g/mol. The van der Waals surface area contributed by atoms with Gasteiger partial charge in [0.15, 0.2) is 0 Å². The average molecular weight is 784 g/mol. The van der Waals surface area contributed by atoms with Gasteiger partial charge in [-0.3, -0.25) is 14.2 Å². The third-order valence-electron chi connectivity index (χ3n) is 9.69. The quantitative estimate of drug-likeness (QED) is 0.0277. The fraction of sp³-hybridized carbons (Fsp3) is 0.864. The molecule has 0 aromatic rings. The van der Waals surface area contributed by atoms with Crippen LogP contribution in [0, 0.1) is 0 Å². The summed E-state index contributed by atoms with van der Waals surface area (Å²) in [6, 6.07) is -0.678. The van der Waals surface area contributed by atoms with Gasteiger partial charge in [0.1, 0.15) is 13.2 Å². The number of hydrogen-bond acceptors (Lipinski definition) is 6. The highest BCUT2D eigenvalue weighted by Gasteiger charge is 2.19. The molecule has 0 aliphatic rings. The Balaban J connectivity index is 4.38. The molecule has 10 heteroatoms. The van der Waals surface area contributed by atoms with E-state index in [1.165, 1.54) is 103 Å². The van der Waals surface area contributed by atoms with Crippen molar-refractivity contribution in [2.45, 2.75) is 200 Å². The summed E-state index contributed by atoms with van der Waals surface area (Å²) in [5, 5.41) is 5.76. The molecule has 2 amide bonds. The van der Waals surface area contributed by atoms with Gasteiger partial charge in [0.2, 0.25) is 11.8 Å². The van der Waals surface area contributed by atoms with E-state index in [0.29, 0.717) is 23.9 Å². The van der Waals surface area contributed by atoms with Crippen molar-refractivity contribution in [3.63, 3.8) is 0 Å². The Kier molecular flexibility index (Phi) is 36.1. The van der Waals surface area contributed by atoms with E-state index in [4.69, 9.17) is 9.05 Å². The van der Waals surface area contributed by atoms with Crippen LogP contribution in [-0.4, -0.2) is 69.8 Å². The van der Waals surface area contributed by atoms with Crippen LogP contribution < -0.4 is 15.5 Å². The molecule has 0 saturated carbocycles. The zero-order chi connectivity index (χ0) is 40.0. The molecule has 2 unspecified atom stereocenters. The smallest absolute Gasteiger partial charge is 0.268 e. The lowest BCUT2D eigenvalue weighted by Gasteiger charge is -2.28. The van der Waals surface area contributed by atoms with Gasteiger partial charge in [0.05, 0.1) is 33.8 Å². The minimum Gasteiger partial charge on any atom is -0.756 e. The monoisotopic (exact) mass is 784 g/mol. The largest absolute Gasteiger partial charge is 0.756 e. The minimum atomic E-state index is -4.56. The Hall–Kier alpha value is -1.51. The summed E-state index contributed by atoms with van der Waals surface area (Å²) in [4.78, 5) is 37.8. The number of phosphoric ester groups is 1. The predicted molar refractivity (Wildman–Crippen MR) is 226 cm³/mol. The van der Waals surface area contributed by atoms with Gasteiger partial charge >= 0.3 is 0 Å². The Labute approximate surface area is 333 Å². The normalized spacial score (nSPS) is 13.8. The van der Waals surface area contributed by atoms with Crippen molar-refractivity contribution in [3.05, 3.63) is 24.3 Å². The Bertz CT molecular complexity index is 984. The lowest BCUT2D eigenvalue weighted by Crippen LogP contribution is -2.46. The van der Waals surface area contributed by atoms with E-state index in [0.717, 1.165) is 64.2 Å². The molecule has 0 spiro atoms. The third-order valence-corrected chi connectivity index (χ3v) is 10.7. The van der Waals surface area contributed by atoms with Crippen LogP contribution in [0.15, 0.2) is 24.3 Å². The number of unbranched alkanes of at least 4 members (excludes halogenated alkanes) is 22. The molecule has 2 N–H and O–H groups in total. The standard InChI is InChI=1S/C44H86N3O6P/c1-6-8-10-12-14-16-18-20-22-24-26-28-30-32-34-36-43(48)45-40-42(41-53-54(50,51)52-39-38-47(3,4)5)46-44(49)37-35-33-31-29-27-25-23-21-19-17-15-13-11-9-7-2/h20-23,42H,6-19,24-41H2,1-5H3,(H2-,45,46,48,49,50,51)/b22-20+,23-21+. The number of hydrogen-bond donors (Lipinski definition) is 2. The van der Waals surface area contributed by atoms with Crippen LogP contribution in [0.1, 0.15) is 194 Å². The van der Waals surface area contributed by atoms with Crippen molar-refractivity contribution in [1.29, 1.82) is 0 Å². The number of allylic oxidation sites excluding steroid dienone is 4. The molecule has 0 aliphatic carbocycles. The lowest BCUT2D eigenvalue weighted by atomic mass is 10.1. The van der Waals surface area contributed by atoms with Gasteiger partial charge in [-0.25, -0.2) is 0 Å². The molecule has 0 fully saturated rings. The minimum absolute atomic E-state index is 0.00345. The van der Waals surface area contributed by atoms with Crippen LogP contribution in [0.2, 0.25) is 0 Å². The van der Waals surface area contributed by atoms with Crippen molar-refractivity contribution < 1.29 is 32.6 Å². The molecule has 0 saturated heterocycles. The van der Waals surface area contributed by atoms with E-state index in [1.807, 2.05) is 21.1 Å². The first kappa shape index (κ1) is 52.5. The number of likely N-dealkylation sites (N-methyl/N-ethyl adjacent to an activating group) is 1. The number of nitrogens with zero attached hydrogens (tertiary/aromatic N) is 1. The van der Waals surface area contributed by atoms with E-state index in [-0.39, 0.29) is 31.6 Å². The fourth-order valence-electron chi connectivity index (χ4n) is 6.13. The molecule has 54 heavy (non-hydrogen) atoms. The molecule has 9 nitrogen and oxygen atoms in total. The fourth-order valence-corrected chi connectivity index (χ4v) is 6.88. The maximum absolute atomic E-state index is 12.8. The van der Waals surface area contributed by atoms with Crippen molar-refractivity contribution in [2.75, 3.05) is 47.4 Å². The topological polar surface area (TPSA) is 117 Å². The van der Waals surface area contributed by atoms with Gasteiger partial charge in [0.25, 0.3) is 7.82 Å². The molecule has 0 aromatic heterocycles. The summed E-state index contributed by atoms with van der Waals surface area (Å²) in [6.45, 7) is 4.81. The molecule has 0 rings (SSSR count). The van der Waals surface area contributed by atoms with Crippen LogP contribution >= 0.6 is 7.82 Å². The van der Waals surface area contributed by atoms with Gasteiger partial charge in [-0.1, -0.05) is 141 Å². The van der Waals surface area contributed by atoms with E-state index >= 15 is 0 Å². The number of rotatable bonds is 40. The van der Waals surface area contributed by atoms with Gasteiger partial charge in [-0.05, 0) is 64.2 Å². The van der Waals surface area contributed by atoms with Crippen molar-refractivity contribution in [2.24, 2.45) is 0 Å². The summed E-state index contributed by atoms with van der Waals surface area (Å²) < 4.78 is 23.2. The third kappa shape index (κ3) is 40.2. The maximum atomic E-state index is 12.8.